The Kier molecular flexibility index (Phi) is 1.90. The van der Waals surface area contributed by atoms with Crippen LogP contribution in [0.5, 0.6) is 0 Å². The van der Waals surface area contributed by atoms with Crippen LogP contribution >= 0.6 is 11.3 Å². The van der Waals surface area contributed by atoms with Gasteiger partial charge in [-0.2, -0.15) is 0 Å². The van der Waals surface area contributed by atoms with Gasteiger partial charge >= 0.3 is 0 Å². The van der Waals surface area contributed by atoms with E-state index in [4.69, 9.17) is 5.73 Å². The maximum Gasteiger partial charge on any atom is 0.197 e. The second kappa shape index (κ2) is 3.28. The van der Waals surface area contributed by atoms with Crippen molar-refractivity contribution < 1.29 is 4.63 Å². The van der Waals surface area contributed by atoms with Crippen LogP contribution in [-0.2, 0) is 0 Å². The lowest BCUT2D eigenvalue weighted by Crippen LogP contribution is -1.87. The molecule has 3 rings (SSSR count). The third-order valence-corrected chi connectivity index (χ3v) is 3.75. The lowest BCUT2D eigenvalue weighted by molar-refractivity contribution is 0.310. The van der Waals surface area contributed by atoms with E-state index >= 15 is 0 Å². The lowest BCUT2D eigenvalue weighted by atomic mass is 10.1. The molecule has 0 aromatic carbocycles. The Bertz CT molecular complexity index is 658. The van der Waals surface area contributed by atoms with Crippen molar-refractivity contribution in [1.29, 1.82) is 0 Å². The molecule has 0 aliphatic carbocycles. The average molecular weight is 232 g/mol. The topological polar surface area (TPSA) is 77.8 Å². The molecule has 2 N–H and O–H groups in total. The predicted molar refractivity (Wildman–Crippen MR) is 62.1 cm³/mol. The lowest BCUT2D eigenvalue weighted by Gasteiger charge is -1.92. The molecular weight excluding hydrogens is 224 g/mol. The summed E-state index contributed by atoms with van der Waals surface area (Å²) < 4.78 is 5.77. The van der Waals surface area contributed by atoms with Crippen molar-refractivity contribution in [3.05, 3.63) is 24.0 Å². The molecule has 80 valence electrons. The van der Waals surface area contributed by atoms with Crippen LogP contribution in [0.1, 0.15) is 5.56 Å². The van der Waals surface area contributed by atoms with Gasteiger partial charge in [-0.25, -0.2) is 4.63 Å². The highest BCUT2D eigenvalue weighted by molar-refractivity contribution is 7.22. The Morgan fingerprint density at radius 1 is 1.38 bits per heavy atom. The van der Waals surface area contributed by atoms with E-state index in [1.807, 2.05) is 19.2 Å². The van der Waals surface area contributed by atoms with Gasteiger partial charge in [-0.3, -0.25) is 4.98 Å². The number of nitrogens with two attached hydrogens (primary N) is 1. The highest BCUT2D eigenvalue weighted by atomic mass is 32.1. The highest BCUT2D eigenvalue weighted by Crippen LogP contribution is 2.38. The van der Waals surface area contributed by atoms with Gasteiger partial charge in [-0.05, 0) is 28.9 Å². The SMILES string of the molecule is Cc1c(-c2nonc2N)sc2ccncc12. The quantitative estimate of drug-likeness (QED) is 0.696. The minimum atomic E-state index is 0.322. The van der Waals surface area contributed by atoms with Crippen molar-refractivity contribution >= 4 is 27.2 Å². The molecule has 0 bridgehead atoms. The Morgan fingerprint density at radius 2 is 2.25 bits per heavy atom. The molecule has 0 aliphatic heterocycles. The number of hydrogen-bond donors (Lipinski definition) is 1. The number of aromatic nitrogens is 3. The van der Waals surface area contributed by atoms with Crippen molar-refractivity contribution in [1.82, 2.24) is 15.3 Å². The van der Waals surface area contributed by atoms with Crippen molar-refractivity contribution in [2.45, 2.75) is 6.92 Å². The molecule has 0 radical (unpaired) electrons. The summed E-state index contributed by atoms with van der Waals surface area (Å²) in [6.45, 7) is 2.02. The molecule has 16 heavy (non-hydrogen) atoms. The van der Waals surface area contributed by atoms with Gasteiger partial charge < -0.3 is 5.73 Å². The van der Waals surface area contributed by atoms with Gasteiger partial charge in [0, 0.05) is 22.5 Å². The summed E-state index contributed by atoms with van der Waals surface area (Å²) in [5.74, 6) is 0.322. The summed E-state index contributed by atoms with van der Waals surface area (Å²) in [5.41, 5.74) is 7.40. The van der Waals surface area contributed by atoms with Gasteiger partial charge in [-0.1, -0.05) is 0 Å². The summed E-state index contributed by atoms with van der Waals surface area (Å²) in [5, 5.41) is 8.52. The van der Waals surface area contributed by atoms with Crippen LogP contribution in [0.25, 0.3) is 20.7 Å². The largest absolute Gasteiger partial charge is 0.379 e. The first-order valence-electron chi connectivity index (χ1n) is 4.69. The zero-order chi connectivity index (χ0) is 11.1. The fraction of sp³-hybridized carbons (Fsp3) is 0.100. The fourth-order valence-corrected chi connectivity index (χ4v) is 2.81. The van der Waals surface area contributed by atoms with Gasteiger partial charge in [0.1, 0.15) is 0 Å². The van der Waals surface area contributed by atoms with Gasteiger partial charge in [-0.15, -0.1) is 11.3 Å². The summed E-state index contributed by atoms with van der Waals surface area (Å²) in [7, 11) is 0. The molecule has 5 nitrogen and oxygen atoms in total. The fourth-order valence-electron chi connectivity index (χ4n) is 1.64. The number of nitrogen functional groups attached to an aromatic ring is 1. The number of nitrogens with zero attached hydrogens (tertiary/aromatic N) is 3. The molecule has 0 amide bonds. The van der Waals surface area contributed by atoms with E-state index in [1.54, 1.807) is 17.5 Å². The molecular formula is C10H8N4OS. The Balaban J connectivity index is 2.33. The standard InChI is InChI=1S/C10H8N4OS/c1-5-6-4-12-3-2-7(6)16-9(5)8-10(11)14-15-13-8/h2-4H,1H3,(H2,11,14). The maximum atomic E-state index is 5.69. The van der Waals surface area contributed by atoms with Crippen LogP contribution in [0, 0.1) is 6.92 Å². The Hall–Kier alpha value is -1.95. The van der Waals surface area contributed by atoms with E-state index in [1.165, 1.54) is 0 Å². The third kappa shape index (κ3) is 1.20. The molecule has 0 saturated heterocycles. The molecule has 0 saturated carbocycles. The first-order valence-corrected chi connectivity index (χ1v) is 5.50. The smallest absolute Gasteiger partial charge is 0.197 e. The zero-order valence-corrected chi connectivity index (χ0v) is 9.28. The van der Waals surface area contributed by atoms with Crippen molar-refractivity contribution in [3.8, 4) is 10.6 Å². The van der Waals surface area contributed by atoms with Crippen LogP contribution in [0.2, 0.25) is 0 Å². The van der Waals surface area contributed by atoms with Crippen LogP contribution in [-0.4, -0.2) is 15.3 Å². The number of fused-ring (bicyclic) bond motifs is 1. The number of anilines is 1. The molecule has 0 aliphatic rings. The minimum Gasteiger partial charge on any atom is -0.379 e. The van der Waals surface area contributed by atoms with Gasteiger partial charge in [0.15, 0.2) is 11.5 Å². The number of thiophene rings is 1. The second-order valence-electron chi connectivity index (χ2n) is 3.43. The summed E-state index contributed by atoms with van der Waals surface area (Å²) in [6, 6.07) is 1.97. The molecule has 0 unspecified atom stereocenters. The normalized spacial score (nSPS) is 11.1. The van der Waals surface area contributed by atoms with E-state index < -0.39 is 0 Å². The molecule has 0 spiro atoms. The predicted octanol–water partition coefficient (Wildman–Crippen LogP) is 2.24. The number of hydrogen-bond acceptors (Lipinski definition) is 6. The Labute approximate surface area is 94.9 Å². The van der Waals surface area contributed by atoms with Gasteiger partial charge in [0.05, 0.1) is 4.88 Å². The van der Waals surface area contributed by atoms with Crippen molar-refractivity contribution in [3.63, 3.8) is 0 Å². The second-order valence-corrected chi connectivity index (χ2v) is 4.48. The van der Waals surface area contributed by atoms with E-state index in [-0.39, 0.29) is 0 Å². The summed E-state index contributed by atoms with van der Waals surface area (Å²) >= 11 is 1.61. The first-order chi connectivity index (χ1) is 7.77. The van der Waals surface area contributed by atoms with Crippen LogP contribution < -0.4 is 5.73 Å². The van der Waals surface area contributed by atoms with Crippen LogP contribution in [0.3, 0.4) is 0 Å². The number of aryl methyl sites for hydroxylation is 1. The van der Waals surface area contributed by atoms with Crippen molar-refractivity contribution in [2.75, 3.05) is 5.73 Å². The van der Waals surface area contributed by atoms with Crippen molar-refractivity contribution in [2.24, 2.45) is 0 Å². The van der Waals surface area contributed by atoms with Crippen LogP contribution in [0.4, 0.5) is 5.82 Å². The first kappa shape index (κ1) is 9.29. The molecule has 3 aromatic rings. The zero-order valence-electron chi connectivity index (χ0n) is 8.47. The van der Waals surface area contributed by atoms with E-state index in [2.05, 4.69) is 19.9 Å². The summed E-state index contributed by atoms with van der Waals surface area (Å²) in [4.78, 5) is 5.09. The van der Waals surface area contributed by atoms with E-state index in [9.17, 15) is 0 Å². The average Bonchev–Trinajstić information content (AvgIpc) is 2.84. The number of rotatable bonds is 1. The van der Waals surface area contributed by atoms with E-state index in [0.717, 1.165) is 20.5 Å². The molecule has 0 atom stereocenters. The third-order valence-electron chi connectivity index (χ3n) is 2.47. The molecule has 3 heterocycles. The minimum absolute atomic E-state index is 0.322. The molecule has 6 heteroatoms. The Morgan fingerprint density at radius 3 is 2.94 bits per heavy atom. The van der Waals surface area contributed by atoms with E-state index in [0.29, 0.717) is 11.5 Å². The summed E-state index contributed by atoms with van der Waals surface area (Å²) in [6.07, 6.45) is 3.61. The monoisotopic (exact) mass is 232 g/mol. The number of pyridine rings is 1. The highest BCUT2D eigenvalue weighted by Gasteiger charge is 2.16. The van der Waals surface area contributed by atoms with Gasteiger partial charge in [0.2, 0.25) is 0 Å². The molecule has 0 fully saturated rings. The van der Waals surface area contributed by atoms with Gasteiger partial charge in [0.25, 0.3) is 0 Å². The van der Waals surface area contributed by atoms with Crippen LogP contribution in [0.15, 0.2) is 23.1 Å². The maximum absolute atomic E-state index is 5.69. The molecule has 3 aromatic heterocycles.